The van der Waals surface area contributed by atoms with E-state index in [-0.39, 0.29) is 12.5 Å². The fourth-order valence-corrected chi connectivity index (χ4v) is 2.65. The monoisotopic (exact) mass is 341 g/mol. The summed E-state index contributed by atoms with van der Waals surface area (Å²) in [7, 11) is 3.08. The van der Waals surface area contributed by atoms with Gasteiger partial charge in [0, 0.05) is 17.0 Å². The van der Waals surface area contributed by atoms with Crippen LogP contribution in [0.25, 0.3) is 5.78 Å². The molecule has 1 amide bonds. The van der Waals surface area contributed by atoms with Crippen molar-refractivity contribution in [3.63, 3.8) is 0 Å². The third kappa shape index (κ3) is 3.23. The summed E-state index contributed by atoms with van der Waals surface area (Å²) in [5.41, 5.74) is 2.30. The molecule has 3 rings (SSSR count). The molecule has 0 saturated heterocycles. The molecule has 0 saturated carbocycles. The first-order valence-corrected chi connectivity index (χ1v) is 7.72. The Balaban J connectivity index is 1.79. The molecule has 0 radical (unpaired) electrons. The lowest BCUT2D eigenvalue weighted by atomic mass is 10.2. The van der Waals surface area contributed by atoms with Gasteiger partial charge in [-0.3, -0.25) is 9.20 Å². The molecule has 0 aliphatic carbocycles. The van der Waals surface area contributed by atoms with Crippen LogP contribution in [0.1, 0.15) is 27.6 Å². The number of nitrogens with zero attached hydrogens (tertiary/aromatic N) is 4. The molecule has 3 aromatic rings. The van der Waals surface area contributed by atoms with E-state index in [2.05, 4.69) is 20.5 Å². The molecule has 0 aliphatic rings. The maximum atomic E-state index is 12.4. The van der Waals surface area contributed by atoms with Gasteiger partial charge < -0.3 is 14.8 Å². The molecule has 8 heteroatoms. The highest BCUT2D eigenvalue weighted by atomic mass is 16.5. The molecular weight excluding hydrogens is 322 g/mol. The van der Waals surface area contributed by atoms with Crippen molar-refractivity contribution in [1.82, 2.24) is 24.9 Å². The van der Waals surface area contributed by atoms with Crippen molar-refractivity contribution >= 4 is 11.7 Å². The second-order valence-corrected chi connectivity index (χ2v) is 5.54. The number of carbonyl (C=O) groups excluding carboxylic acids is 1. The molecule has 0 bridgehead atoms. The van der Waals surface area contributed by atoms with Crippen molar-refractivity contribution in [2.75, 3.05) is 14.2 Å². The van der Waals surface area contributed by atoms with Crippen molar-refractivity contribution in [3.8, 4) is 11.5 Å². The molecule has 2 aromatic heterocycles. The van der Waals surface area contributed by atoms with E-state index >= 15 is 0 Å². The smallest absolute Gasteiger partial charge is 0.255 e. The summed E-state index contributed by atoms with van der Waals surface area (Å²) in [6, 6.07) is 6.94. The van der Waals surface area contributed by atoms with Gasteiger partial charge in [-0.25, -0.2) is 4.98 Å². The molecular formula is C17H19N5O3. The van der Waals surface area contributed by atoms with Gasteiger partial charge in [-0.05, 0) is 38.1 Å². The van der Waals surface area contributed by atoms with Gasteiger partial charge in [0.25, 0.3) is 11.7 Å². The molecule has 1 N–H and O–H groups in total. The van der Waals surface area contributed by atoms with Crippen LogP contribution >= 0.6 is 0 Å². The number of rotatable bonds is 5. The van der Waals surface area contributed by atoms with Crippen LogP contribution in [-0.4, -0.2) is 39.7 Å². The third-order valence-electron chi connectivity index (χ3n) is 3.81. The average molecular weight is 341 g/mol. The molecule has 0 atom stereocenters. The van der Waals surface area contributed by atoms with E-state index < -0.39 is 0 Å². The van der Waals surface area contributed by atoms with Crippen LogP contribution in [0.3, 0.4) is 0 Å². The van der Waals surface area contributed by atoms with E-state index in [1.807, 2.05) is 24.3 Å². The van der Waals surface area contributed by atoms with E-state index in [0.717, 1.165) is 11.4 Å². The van der Waals surface area contributed by atoms with Crippen LogP contribution in [0.4, 0.5) is 0 Å². The average Bonchev–Trinajstić information content (AvgIpc) is 3.02. The zero-order chi connectivity index (χ0) is 18.0. The van der Waals surface area contributed by atoms with Gasteiger partial charge in [-0.2, -0.15) is 0 Å². The summed E-state index contributed by atoms with van der Waals surface area (Å²) >= 11 is 0. The van der Waals surface area contributed by atoms with E-state index in [4.69, 9.17) is 9.47 Å². The lowest BCUT2D eigenvalue weighted by molar-refractivity contribution is 0.0949. The predicted octanol–water partition coefficient (Wildman–Crippen LogP) is 1.69. The number of nitrogens with one attached hydrogen (secondary N) is 1. The Labute approximate surface area is 144 Å². The summed E-state index contributed by atoms with van der Waals surface area (Å²) < 4.78 is 12.2. The first-order valence-electron chi connectivity index (χ1n) is 7.72. The summed E-state index contributed by atoms with van der Waals surface area (Å²) in [6.07, 6.45) is 0. The highest BCUT2D eigenvalue weighted by Crippen LogP contribution is 2.27. The maximum Gasteiger partial charge on any atom is 0.255 e. The lowest BCUT2D eigenvalue weighted by Gasteiger charge is -2.10. The Morgan fingerprint density at radius 3 is 2.60 bits per heavy atom. The van der Waals surface area contributed by atoms with E-state index in [1.54, 1.807) is 25.3 Å². The minimum absolute atomic E-state index is 0.236. The van der Waals surface area contributed by atoms with Gasteiger partial charge >= 0.3 is 0 Å². The first-order chi connectivity index (χ1) is 12.0. The van der Waals surface area contributed by atoms with E-state index in [0.29, 0.717) is 28.7 Å². The zero-order valence-electron chi connectivity index (χ0n) is 14.5. The Morgan fingerprint density at radius 2 is 1.88 bits per heavy atom. The number of hydrogen-bond donors (Lipinski definition) is 1. The van der Waals surface area contributed by atoms with Gasteiger partial charge in [0.05, 0.1) is 20.8 Å². The number of ether oxygens (including phenoxy) is 2. The van der Waals surface area contributed by atoms with Crippen molar-refractivity contribution < 1.29 is 14.3 Å². The standard InChI is InChI=1S/C17H19N5O3/c1-10-7-11(2)22-15(20-21-17(22)19-10)9-18-16(23)12-5-6-13(24-3)14(8-12)25-4/h5-8H,9H2,1-4H3,(H,18,23). The molecule has 1 aromatic carbocycles. The lowest BCUT2D eigenvalue weighted by Crippen LogP contribution is -2.24. The molecule has 0 fully saturated rings. The second-order valence-electron chi connectivity index (χ2n) is 5.54. The minimum atomic E-state index is -0.240. The topological polar surface area (TPSA) is 90.6 Å². The van der Waals surface area contributed by atoms with Crippen molar-refractivity contribution in [2.24, 2.45) is 0 Å². The molecule has 2 heterocycles. The van der Waals surface area contributed by atoms with Crippen molar-refractivity contribution in [3.05, 3.63) is 47.0 Å². The molecule has 0 spiro atoms. The van der Waals surface area contributed by atoms with E-state index in [9.17, 15) is 4.79 Å². The number of carbonyl (C=O) groups is 1. The largest absolute Gasteiger partial charge is 0.493 e. The van der Waals surface area contributed by atoms with Gasteiger partial charge in [-0.1, -0.05) is 0 Å². The molecule has 0 unspecified atom stereocenters. The normalized spacial score (nSPS) is 10.7. The molecule has 25 heavy (non-hydrogen) atoms. The van der Waals surface area contributed by atoms with Crippen LogP contribution in [0.5, 0.6) is 11.5 Å². The first kappa shape index (κ1) is 16.7. The minimum Gasteiger partial charge on any atom is -0.493 e. The highest BCUT2D eigenvalue weighted by Gasteiger charge is 2.13. The fraction of sp³-hybridized carbons (Fsp3) is 0.294. The zero-order valence-corrected chi connectivity index (χ0v) is 14.5. The van der Waals surface area contributed by atoms with Gasteiger partial charge in [-0.15, -0.1) is 10.2 Å². The van der Waals surface area contributed by atoms with Crippen molar-refractivity contribution in [2.45, 2.75) is 20.4 Å². The third-order valence-corrected chi connectivity index (χ3v) is 3.81. The van der Waals surface area contributed by atoms with Gasteiger partial charge in [0.1, 0.15) is 0 Å². The number of benzene rings is 1. The van der Waals surface area contributed by atoms with Crippen molar-refractivity contribution in [1.29, 1.82) is 0 Å². The van der Waals surface area contributed by atoms with E-state index in [1.165, 1.54) is 7.11 Å². The number of hydrogen-bond acceptors (Lipinski definition) is 6. The molecule has 8 nitrogen and oxygen atoms in total. The van der Waals surface area contributed by atoms with Crippen LogP contribution < -0.4 is 14.8 Å². The maximum absolute atomic E-state index is 12.4. The second kappa shape index (κ2) is 6.76. The van der Waals surface area contributed by atoms with Gasteiger partial charge in [0.2, 0.25) is 0 Å². The number of aromatic nitrogens is 4. The van der Waals surface area contributed by atoms with Crippen LogP contribution in [-0.2, 0) is 6.54 Å². The SMILES string of the molecule is COc1ccc(C(=O)NCc2nnc3nc(C)cc(C)n23)cc1OC. The Hall–Kier alpha value is -3.16. The quantitative estimate of drug-likeness (QED) is 0.759. The Bertz CT molecular complexity index is 935. The number of amides is 1. The molecule has 130 valence electrons. The number of aryl methyl sites for hydroxylation is 2. The molecule has 0 aliphatic heterocycles. The summed E-state index contributed by atoms with van der Waals surface area (Å²) in [5.74, 6) is 1.97. The van der Waals surface area contributed by atoms with Crippen LogP contribution in [0.15, 0.2) is 24.3 Å². The van der Waals surface area contributed by atoms with Gasteiger partial charge in [0.15, 0.2) is 17.3 Å². The number of methoxy groups -OCH3 is 2. The van der Waals surface area contributed by atoms with Crippen LogP contribution in [0.2, 0.25) is 0 Å². The Kier molecular flexibility index (Phi) is 4.51. The predicted molar refractivity (Wildman–Crippen MR) is 91.0 cm³/mol. The fourth-order valence-electron chi connectivity index (χ4n) is 2.65. The summed E-state index contributed by atoms with van der Waals surface area (Å²) in [4.78, 5) is 16.7. The summed E-state index contributed by atoms with van der Waals surface area (Å²) in [5, 5.41) is 11.0. The number of fused-ring (bicyclic) bond motifs is 1. The Morgan fingerprint density at radius 1 is 1.12 bits per heavy atom. The van der Waals surface area contributed by atoms with Crippen LogP contribution in [0, 0.1) is 13.8 Å². The highest BCUT2D eigenvalue weighted by molar-refractivity contribution is 5.94. The summed E-state index contributed by atoms with van der Waals surface area (Å²) in [6.45, 7) is 4.09.